The standard InChI is InChI=1S/C6H8N2OS.ClH/c1-8-3-2-7-5(8)4-6(9)10;/h2-3H,4H2,1H3,(H,9,10);1H. The fraction of sp³-hybridized carbons (Fsp3) is 0.333. The molecule has 1 rings (SSSR count). The van der Waals surface area contributed by atoms with E-state index < -0.39 is 0 Å². The molecule has 0 spiro atoms. The van der Waals surface area contributed by atoms with Gasteiger partial charge in [0.1, 0.15) is 5.82 Å². The molecule has 0 atom stereocenters. The zero-order valence-electron chi connectivity index (χ0n) is 6.02. The van der Waals surface area contributed by atoms with E-state index in [0.29, 0.717) is 6.42 Å². The summed E-state index contributed by atoms with van der Waals surface area (Å²) >= 11 is 3.64. The van der Waals surface area contributed by atoms with Crippen molar-refractivity contribution in [3.05, 3.63) is 18.2 Å². The maximum Gasteiger partial charge on any atom is 0.193 e. The summed E-state index contributed by atoms with van der Waals surface area (Å²) in [5.74, 6) is 0.750. The van der Waals surface area contributed by atoms with Crippen molar-refractivity contribution in [1.29, 1.82) is 0 Å². The maximum absolute atomic E-state index is 10.5. The van der Waals surface area contributed by atoms with Crippen molar-refractivity contribution in [1.82, 2.24) is 9.55 Å². The SMILES string of the molecule is Cl.Cn1ccnc1CC(=O)S. The molecule has 3 nitrogen and oxygen atoms in total. The van der Waals surface area contributed by atoms with Gasteiger partial charge in [-0.15, -0.1) is 25.0 Å². The Balaban J connectivity index is 0.000001000. The lowest BCUT2D eigenvalue weighted by Gasteiger charge is -1.95. The van der Waals surface area contributed by atoms with E-state index in [0.717, 1.165) is 5.82 Å². The average Bonchev–Trinajstić information content (AvgIpc) is 2.15. The van der Waals surface area contributed by atoms with Crippen molar-refractivity contribution in [2.45, 2.75) is 6.42 Å². The molecule has 0 amide bonds. The van der Waals surface area contributed by atoms with Crippen molar-refractivity contribution in [2.24, 2.45) is 7.05 Å². The van der Waals surface area contributed by atoms with Crippen LogP contribution in [0.3, 0.4) is 0 Å². The summed E-state index contributed by atoms with van der Waals surface area (Å²) in [7, 11) is 1.85. The number of thiol groups is 1. The Morgan fingerprint density at radius 2 is 2.45 bits per heavy atom. The van der Waals surface area contributed by atoms with Gasteiger partial charge in [0.25, 0.3) is 0 Å². The minimum Gasteiger partial charge on any atom is -0.338 e. The molecule has 5 heteroatoms. The van der Waals surface area contributed by atoms with Crippen molar-refractivity contribution in [3.63, 3.8) is 0 Å². The summed E-state index contributed by atoms with van der Waals surface area (Å²) in [5, 5.41) is -0.158. The van der Waals surface area contributed by atoms with E-state index in [1.807, 2.05) is 7.05 Å². The number of halogens is 1. The summed E-state index contributed by atoms with van der Waals surface area (Å²) in [5.41, 5.74) is 0. The fourth-order valence-electron chi connectivity index (χ4n) is 0.702. The van der Waals surface area contributed by atoms with Crippen LogP contribution in [-0.4, -0.2) is 14.7 Å². The summed E-state index contributed by atoms with van der Waals surface area (Å²) < 4.78 is 1.80. The van der Waals surface area contributed by atoms with Crippen LogP contribution in [0.5, 0.6) is 0 Å². The van der Waals surface area contributed by atoms with Crippen LogP contribution in [0.15, 0.2) is 12.4 Å². The van der Waals surface area contributed by atoms with Gasteiger partial charge in [0.2, 0.25) is 0 Å². The third-order valence-corrected chi connectivity index (χ3v) is 1.39. The summed E-state index contributed by atoms with van der Waals surface area (Å²) in [6.07, 6.45) is 3.75. The van der Waals surface area contributed by atoms with Crippen molar-refractivity contribution < 1.29 is 4.79 Å². The minimum atomic E-state index is -0.158. The van der Waals surface area contributed by atoms with Crippen LogP contribution in [-0.2, 0) is 18.3 Å². The number of hydrogen-bond acceptors (Lipinski definition) is 2. The lowest BCUT2D eigenvalue weighted by molar-refractivity contribution is -0.110. The molecule has 0 bridgehead atoms. The number of rotatable bonds is 2. The first kappa shape index (κ1) is 10.5. The molecular weight excluding hydrogens is 184 g/mol. The van der Waals surface area contributed by atoms with E-state index in [2.05, 4.69) is 17.6 Å². The highest BCUT2D eigenvalue weighted by Gasteiger charge is 2.01. The van der Waals surface area contributed by atoms with Crippen LogP contribution >= 0.6 is 25.0 Å². The second kappa shape index (κ2) is 4.41. The third kappa shape index (κ3) is 2.95. The number of nitrogens with zero attached hydrogens (tertiary/aromatic N) is 2. The van der Waals surface area contributed by atoms with Gasteiger partial charge >= 0.3 is 0 Å². The van der Waals surface area contributed by atoms with Crippen LogP contribution in [0.4, 0.5) is 0 Å². The summed E-state index contributed by atoms with van der Waals surface area (Å²) in [4.78, 5) is 14.4. The number of imidazole rings is 1. The lowest BCUT2D eigenvalue weighted by Crippen LogP contribution is -2.01. The minimum absolute atomic E-state index is 0. The molecule has 0 aliphatic carbocycles. The molecule has 0 aliphatic heterocycles. The molecule has 0 saturated heterocycles. The Bertz CT molecular complexity index is 248. The van der Waals surface area contributed by atoms with Gasteiger partial charge in [0.05, 0.1) is 6.42 Å². The Hall–Kier alpha value is -0.480. The molecule has 1 heterocycles. The van der Waals surface area contributed by atoms with Crippen LogP contribution in [0.1, 0.15) is 5.82 Å². The van der Waals surface area contributed by atoms with Gasteiger partial charge in [-0.05, 0) is 0 Å². The first-order valence-electron chi connectivity index (χ1n) is 2.88. The van der Waals surface area contributed by atoms with Gasteiger partial charge in [-0.3, -0.25) is 4.79 Å². The highest BCUT2D eigenvalue weighted by Crippen LogP contribution is 1.97. The number of hydrogen-bond donors (Lipinski definition) is 1. The lowest BCUT2D eigenvalue weighted by atomic mass is 10.4. The van der Waals surface area contributed by atoms with E-state index in [4.69, 9.17) is 0 Å². The van der Waals surface area contributed by atoms with Crippen LogP contribution in [0.2, 0.25) is 0 Å². The maximum atomic E-state index is 10.5. The van der Waals surface area contributed by atoms with Gasteiger partial charge in [-0.1, -0.05) is 0 Å². The second-order valence-corrected chi connectivity index (χ2v) is 2.52. The van der Waals surface area contributed by atoms with Gasteiger partial charge in [-0.2, -0.15) is 0 Å². The summed E-state index contributed by atoms with van der Waals surface area (Å²) in [6.45, 7) is 0. The zero-order valence-corrected chi connectivity index (χ0v) is 7.73. The molecule has 62 valence electrons. The van der Waals surface area contributed by atoms with Crippen molar-refractivity contribution in [3.8, 4) is 0 Å². The molecule has 0 aromatic carbocycles. The molecule has 11 heavy (non-hydrogen) atoms. The van der Waals surface area contributed by atoms with Gasteiger partial charge in [0, 0.05) is 19.4 Å². The van der Waals surface area contributed by atoms with Gasteiger partial charge < -0.3 is 4.57 Å². The molecular formula is C6H9ClN2OS. The monoisotopic (exact) mass is 192 g/mol. The third-order valence-electron chi connectivity index (χ3n) is 1.23. The van der Waals surface area contributed by atoms with E-state index in [1.165, 1.54) is 0 Å². The van der Waals surface area contributed by atoms with Gasteiger partial charge in [0.15, 0.2) is 5.12 Å². The first-order valence-corrected chi connectivity index (χ1v) is 3.33. The molecule has 0 N–H and O–H groups in total. The number of carbonyl (C=O) groups is 1. The second-order valence-electron chi connectivity index (χ2n) is 2.02. The van der Waals surface area contributed by atoms with Crippen molar-refractivity contribution in [2.75, 3.05) is 0 Å². The Morgan fingerprint density at radius 3 is 2.82 bits per heavy atom. The van der Waals surface area contributed by atoms with Gasteiger partial charge in [-0.25, -0.2) is 4.98 Å². The molecule has 0 unspecified atom stereocenters. The molecule has 0 radical (unpaired) electrons. The Morgan fingerprint density at radius 1 is 1.82 bits per heavy atom. The molecule has 0 saturated carbocycles. The zero-order chi connectivity index (χ0) is 7.56. The Kier molecular flexibility index (Phi) is 4.22. The molecule has 0 fully saturated rings. The van der Waals surface area contributed by atoms with Crippen molar-refractivity contribution >= 4 is 30.2 Å². The van der Waals surface area contributed by atoms with E-state index in [-0.39, 0.29) is 17.5 Å². The van der Waals surface area contributed by atoms with E-state index >= 15 is 0 Å². The quantitative estimate of drug-likeness (QED) is 0.705. The van der Waals surface area contributed by atoms with Crippen LogP contribution in [0, 0.1) is 0 Å². The topological polar surface area (TPSA) is 34.9 Å². The van der Waals surface area contributed by atoms with Crippen LogP contribution in [0.25, 0.3) is 0 Å². The van der Waals surface area contributed by atoms with Crippen LogP contribution < -0.4 is 0 Å². The number of aryl methyl sites for hydroxylation is 1. The summed E-state index contributed by atoms with van der Waals surface area (Å²) in [6, 6.07) is 0. The molecule has 1 aromatic rings. The van der Waals surface area contributed by atoms with E-state index in [1.54, 1.807) is 17.0 Å². The molecule has 1 aromatic heterocycles. The first-order chi connectivity index (χ1) is 4.70. The average molecular weight is 193 g/mol. The number of carbonyl (C=O) groups excluding carboxylic acids is 1. The predicted octanol–water partition coefficient (Wildman–Crippen LogP) is 0.841. The smallest absolute Gasteiger partial charge is 0.193 e. The molecule has 0 aliphatic rings. The normalized spacial score (nSPS) is 8.91. The van der Waals surface area contributed by atoms with E-state index in [9.17, 15) is 4.79 Å². The Labute approximate surface area is 76.6 Å². The predicted molar refractivity (Wildman–Crippen MR) is 48.2 cm³/mol. The fourth-order valence-corrected chi connectivity index (χ4v) is 0.844. The highest BCUT2D eigenvalue weighted by atomic mass is 35.5. The highest BCUT2D eigenvalue weighted by molar-refractivity contribution is 7.96. The largest absolute Gasteiger partial charge is 0.338 e. The number of aromatic nitrogens is 2.